The largest absolute Gasteiger partial charge is 0.380 e. The Bertz CT molecular complexity index is 467. The van der Waals surface area contributed by atoms with Crippen LogP contribution in [-0.4, -0.2) is 56.9 Å². The number of benzene rings is 1. The van der Waals surface area contributed by atoms with Crippen LogP contribution in [0.15, 0.2) is 30.3 Å². The summed E-state index contributed by atoms with van der Waals surface area (Å²) in [6, 6.07) is 10.7. The van der Waals surface area contributed by atoms with Crippen molar-refractivity contribution >= 4 is 11.7 Å². The molecule has 1 aliphatic heterocycles. The second-order valence-corrected chi connectivity index (χ2v) is 6.14. The minimum absolute atomic E-state index is 0.0411. The number of hydrogen-bond donors (Lipinski definition) is 1. The molecule has 2 amide bonds. The summed E-state index contributed by atoms with van der Waals surface area (Å²) in [5.41, 5.74) is 1.23. The number of para-hydroxylation sites is 1. The minimum atomic E-state index is 0.0411. The van der Waals surface area contributed by atoms with Crippen LogP contribution in [0.1, 0.15) is 26.2 Å². The standard InChI is InChI=1S/C18H29N3O2/c1-16-10-14-23-15-13-21(16)18(22)19-11-6-7-12-20(2)17-8-4-3-5-9-17/h3-5,8-9,16H,6-7,10-15H2,1-2H3,(H,19,22). The summed E-state index contributed by atoms with van der Waals surface area (Å²) < 4.78 is 5.43. The molecular weight excluding hydrogens is 290 g/mol. The van der Waals surface area contributed by atoms with Gasteiger partial charge in [0, 0.05) is 45.0 Å². The second-order valence-electron chi connectivity index (χ2n) is 6.14. The highest BCUT2D eigenvalue weighted by Gasteiger charge is 2.21. The Balaban J connectivity index is 1.62. The predicted octanol–water partition coefficient (Wildman–Crippen LogP) is 2.72. The molecular formula is C18H29N3O2. The Morgan fingerprint density at radius 2 is 2.09 bits per heavy atom. The first-order chi connectivity index (χ1) is 11.2. The van der Waals surface area contributed by atoms with Gasteiger partial charge in [-0.15, -0.1) is 0 Å². The predicted molar refractivity (Wildman–Crippen MR) is 93.9 cm³/mol. The quantitative estimate of drug-likeness (QED) is 0.820. The first kappa shape index (κ1) is 17.6. The maximum atomic E-state index is 12.2. The lowest BCUT2D eigenvalue weighted by Gasteiger charge is -2.26. The summed E-state index contributed by atoms with van der Waals surface area (Å²) in [6.45, 7) is 5.88. The number of carbonyl (C=O) groups is 1. The van der Waals surface area contributed by atoms with Crippen molar-refractivity contribution in [2.45, 2.75) is 32.2 Å². The number of urea groups is 1. The van der Waals surface area contributed by atoms with Gasteiger partial charge in [0.2, 0.25) is 0 Å². The average Bonchev–Trinajstić information content (AvgIpc) is 2.79. The van der Waals surface area contributed by atoms with Crippen molar-refractivity contribution in [3.63, 3.8) is 0 Å². The lowest BCUT2D eigenvalue weighted by Crippen LogP contribution is -2.45. The number of ether oxygens (including phenoxy) is 1. The number of nitrogens with zero attached hydrogens (tertiary/aromatic N) is 2. The zero-order valence-electron chi connectivity index (χ0n) is 14.3. The van der Waals surface area contributed by atoms with E-state index in [2.05, 4.69) is 48.5 Å². The molecule has 1 unspecified atom stereocenters. The summed E-state index contributed by atoms with van der Waals surface area (Å²) >= 11 is 0. The van der Waals surface area contributed by atoms with E-state index < -0.39 is 0 Å². The third kappa shape index (κ3) is 5.75. The molecule has 5 heteroatoms. The van der Waals surface area contributed by atoms with Crippen LogP contribution in [0.3, 0.4) is 0 Å². The van der Waals surface area contributed by atoms with Gasteiger partial charge in [-0.2, -0.15) is 0 Å². The van der Waals surface area contributed by atoms with Gasteiger partial charge in [-0.05, 0) is 38.3 Å². The monoisotopic (exact) mass is 319 g/mol. The van der Waals surface area contributed by atoms with Crippen molar-refractivity contribution in [2.24, 2.45) is 0 Å². The number of nitrogens with one attached hydrogen (secondary N) is 1. The summed E-state index contributed by atoms with van der Waals surface area (Å²) in [4.78, 5) is 16.4. The Kier molecular flexibility index (Phi) is 7.20. The van der Waals surface area contributed by atoms with Gasteiger partial charge in [0.15, 0.2) is 0 Å². The van der Waals surface area contributed by atoms with Crippen molar-refractivity contribution in [1.82, 2.24) is 10.2 Å². The van der Waals surface area contributed by atoms with E-state index in [1.165, 1.54) is 5.69 Å². The van der Waals surface area contributed by atoms with Crippen LogP contribution < -0.4 is 10.2 Å². The topological polar surface area (TPSA) is 44.8 Å². The average molecular weight is 319 g/mol. The molecule has 2 rings (SSSR count). The summed E-state index contributed by atoms with van der Waals surface area (Å²) in [5.74, 6) is 0. The highest BCUT2D eigenvalue weighted by molar-refractivity contribution is 5.74. The number of anilines is 1. The molecule has 23 heavy (non-hydrogen) atoms. The van der Waals surface area contributed by atoms with Gasteiger partial charge in [-0.25, -0.2) is 4.79 Å². The SMILES string of the molecule is CC1CCOCCN1C(=O)NCCCCN(C)c1ccccc1. The molecule has 0 saturated carbocycles. The van der Waals surface area contributed by atoms with Gasteiger partial charge in [-0.1, -0.05) is 18.2 Å². The van der Waals surface area contributed by atoms with Gasteiger partial charge in [0.25, 0.3) is 0 Å². The van der Waals surface area contributed by atoms with E-state index in [0.717, 1.165) is 39.0 Å². The zero-order valence-corrected chi connectivity index (χ0v) is 14.3. The van der Waals surface area contributed by atoms with Crippen LogP contribution >= 0.6 is 0 Å². The summed E-state index contributed by atoms with van der Waals surface area (Å²) in [7, 11) is 2.10. The molecule has 0 bridgehead atoms. The molecule has 1 fully saturated rings. The van der Waals surface area contributed by atoms with Crippen molar-refractivity contribution < 1.29 is 9.53 Å². The van der Waals surface area contributed by atoms with E-state index in [4.69, 9.17) is 4.74 Å². The highest BCUT2D eigenvalue weighted by Crippen LogP contribution is 2.11. The maximum absolute atomic E-state index is 12.2. The lowest BCUT2D eigenvalue weighted by atomic mass is 10.2. The molecule has 0 aromatic heterocycles. The number of rotatable bonds is 6. The van der Waals surface area contributed by atoms with E-state index in [0.29, 0.717) is 13.2 Å². The summed E-state index contributed by atoms with van der Waals surface area (Å²) in [6.07, 6.45) is 2.96. The Labute approximate surface area is 139 Å². The van der Waals surface area contributed by atoms with Crippen molar-refractivity contribution in [2.75, 3.05) is 44.8 Å². The van der Waals surface area contributed by atoms with Gasteiger partial charge in [0.05, 0.1) is 6.61 Å². The van der Waals surface area contributed by atoms with Crippen LogP contribution in [0.4, 0.5) is 10.5 Å². The van der Waals surface area contributed by atoms with E-state index in [-0.39, 0.29) is 12.1 Å². The van der Waals surface area contributed by atoms with E-state index in [1.54, 1.807) is 0 Å². The van der Waals surface area contributed by atoms with E-state index in [1.807, 2.05) is 11.0 Å². The molecule has 0 aliphatic carbocycles. The van der Waals surface area contributed by atoms with Crippen LogP contribution in [0.2, 0.25) is 0 Å². The third-order valence-corrected chi connectivity index (χ3v) is 4.34. The number of unbranched alkanes of at least 4 members (excludes halogenated alkanes) is 1. The van der Waals surface area contributed by atoms with Gasteiger partial charge < -0.3 is 19.9 Å². The van der Waals surface area contributed by atoms with Crippen LogP contribution in [0.5, 0.6) is 0 Å². The fourth-order valence-electron chi connectivity index (χ4n) is 2.78. The normalized spacial score (nSPS) is 18.3. The minimum Gasteiger partial charge on any atom is -0.380 e. The second kappa shape index (κ2) is 9.40. The fourth-order valence-corrected chi connectivity index (χ4v) is 2.78. The first-order valence-electron chi connectivity index (χ1n) is 8.57. The number of carbonyl (C=O) groups excluding carboxylic acids is 1. The van der Waals surface area contributed by atoms with E-state index >= 15 is 0 Å². The molecule has 0 spiro atoms. The van der Waals surface area contributed by atoms with Crippen molar-refractivity contribution in [3.05, 3.63) is 30.3 Å². The Morgan fingerprint density at radius 3 is 2.87 bits per heavy atom. The van der Waals surface area contributed by atoms with Gasteiger partial charge in [0.1, 0.15) is 0 Å². The lowest BCUT2D eigenvalue weighted by molar-refractivity contribution is 0.142. The molecule has 0 radical (unpaired) electrons. The highest BCUT2D eigenvalue weighted by atomic mass is 16.5. The van der Waals surface area contributed by atoms with Crippen LogP contribution in [0.25, 0.3) is 0 Å². The Morgan fingerprint density at radius 1 is 1.30 bits per heavy atom. The molecule has 1 saturated heterocycles. The van der Waals surface area contributed by atoms with Crippen molar-refractivity contribution in [1.29, 1.82) is 0 Å². The third-order valence-electron chi connectivity index (χ3n) is 4.34. The number of hydrogen-bond acceptors (Lipinski definition) is 3. The number of amides is 2. The Hall–Kier alpha value is -1.75. The maximum Gasteiger partial charge on any atom is 0.317 e. The summed E-state index contributed by atoms with van der Waals surface area (Å²) in [5, 5.41) is 3.04. The molecule has 1 aromatic carbocycles. The van der Waals surface area contributed by atoms with Crippen LogP contribution in [0, 0.1) is 0 Å². The molecule has 1 aliphatic rings. The first-order valence-corrected chi connectivity index (χ1v) is 8.57. The molecule has 1 aromatic rings. The molecule has 1 N–H and O–H groups in total. The van der Waals surface area contributed by atoms with Crippen LogP contribution in [-0.2, 0) is 4.74 Å². The fraction of sp³-hybridized carbons (Fsp3) is 0.611. The van der Waals surface area contributed by atoms with Crippen molar-refractivity contribution in [3.8, 4) is 0 Å². The molecule has 1 heterocycles. The smallest absolute Gasteiger partial charge is 0.317 e. The molecule has 128 valence electrons. The van der Waals surface area contributed by atoms with E-state index in [9.17, 15) is 4.79 Å². The van der Waals surface area contributed by atoms with Gasteiger partial charge in [-0.3, -0.25) is 0 Å². The molecule has 5 nitrogen and oxygen atoms in total. The molecule has 1 atom stereocenters. The zero-order chi connectivity index (χ0) is 16.5. The van der Waals surface area contributed by atoms with Gasteiger partial charge >= 0.3 is 6.03 Å².